The molecular formula is C14H19NO5. The lowest BCUT2D eigenvalue weighted by Gasteiger charge is -2.20. The lowest BCUT2D eigenvalue weighted by atomic mass is 10.0. The number of hydrogen-bond donors (Lipinski definition) is 2. The smallest absolute Gasteiger partial charge is 0.408 e. The minimum atomic E-state index is -1.12. The third-order valence-corrected chi connectivity index (χ3v) is 2.75. The maximum atomic E-state index is 11.6. The highest BCUT2D eigenvalue weighted by atomic mass is 16.5. The highest BCUT2D eigenvalue weighted by molar-refractivity contribution is 5.80. The quantitative estimate of drug-likeness (QED) is 0.793. The predicted molar refractivity (Wildman–Crippen MR) is 72.2 cm³/mol. The lowest BCUT2D eigenvalue weighted by molar-refractivity contribution is -0.141. The summed E-state index contributed by atoms with van der Waals surface area (Å²) < 4.78 is 9.87. The average molecular weight is 281 g/mol. The van der Waals surface area contributed by atoms with E-state index in [1.54, 1.807) is 6.92 Å². The Morgan fingerprint density at radius 3 is 2.50 bits per heavy atom. The van der Waals surface area contributed by atoms with Crippen molar-refractivity contribution >= 4 is 12.1 Å². The molecule has 1 amide bonds. The van der Waals surface area contributed by atoms with Gasteiger partial charge in [-0.2, -0.15) is 0 Å². The van der Waals surface area contributed by atoms with Gasteiger partial charge in [-0.25, -0.2) is 9.59 Å². The second kappa shape index (κ2) is 8.16. The van der Waals surface area contributed by atoms with Crippen LogP contribution < -0.4 is 5.32 Å². The molecule has 0 bridgehead atoms. The molecule has 0 heterocycles. The summed E-state index contributed by atoms with van der Waals surface area (Å²) >= 11 is 0. The Bertz CT molecular complexity index is 434. The summed E-state index contributed by atoms with van der Waals surface area (Å²) in [6.07, 6.45) is -0.760. The van der Waals surface area contributed by atoms with Crippen LogP contribution in [0.25, 0.3) is 0 Å². The van der Waals surface area contributed by atoms with Crippen LogP contribution in [-0.2, 0) is 20.9 Å². The van der Waals surface area contributed by atoms with E-state index in [9.17, 15) is 9.59 Å². The van der Waals surface area contributed by atoms with E-state index < -0.39 is 18.1 Å². The van der Waals surface area contributed by atoms with Gasteiger partial charge in [0.05, 0.1) is 6.61 Å². The summed E-state index contributed by atoms with van der Waals surface area (Å²) in [7, 11) is 1.48. The molecule has 1 rings (SSSR count). The fourth-order valence-corrected chi connectivity index (χ4v) is 1.70. The van der Waals surface area contributed by atoms with Crippen molar-refractivity contribution in [1.82, 2.24) is 5.32 Å². The van der Waals surface area contributed by atoms with E-state index in [0.29, 0.717) is 0 Å². The molecule has 2 atom stereocenters. The van der Waals surface area contributed by atoms with Crippen molar-refractivity contribution in [1.29, 1.82) is 0 Å². The van der Waals surface area contributed by atoms with Crippen molar-refractivity contribution < 1.29 is 24.2 Å². The molecule has 6 heteroatoms. The van der Waals surface area contributed by atoms with Crippen LogP contribution in [0.1, 0.15) is 12.5 Å². The van der Waals surface area contributed by atoms with Gasteiger partial charge < -0.3 is 19.9 Å². The highest BCUT2D eigenvalue weighted by Gasteiger charge is 2.27. The molecule has 0 saturated carbocycles. The number of hydrogen-bond acceptors (Lipinski definition) is 4. The zero-order valence-electron chi connectivity index (χ0n) is 11.5. The normalized spacial score (nSPS) is 13.3. The number of nitrogens with one attached hydrogen (secondary N) is 1. The molecule has 6 nitrogen and oxygen atoms in total. The van der Waals surface area contributed by atoms with Crippen molar-refractivity contribution in [3.05, 3.63) is 35.9 Å². The molecule has 0 radical (unpaired) electrons. The number of alkyl carbamates (subject to hydrolysis) is 1. The second-order valence-electron chi connectivity index (χ2n) is 4.45. The van der Waals surface area contributed by atoms with Crippen LogP contribution in [0.5, 0.6) is 0 Å². The van der Waals surface area contributed by atoms with Gasteiger partial charge in [0.2, 0.25) is 0 Å². The molecule has 0 unspecified atom stereocenters. The topological polar surface area (TPSA) is 84.9 Å². The van der Waals surface area contributed by atoms with Crippen molar-refractivity contribution in [2.45, 2.75) is 19.6 Å². The first-order valence-corrected chi connectivity index (χ1v) is 6.23. The van der Waals surface area contributed by atoms with Gasteiger partial charge in [0.1, 0.15) is 12.6 Å². The average Bonchev–Trinajstić information content (AvgIpc) is 2.43. The Kier molecular flexibility index (Phi) is 6.52. The summed E-state index contributed by atoms with van der Waals surface area (Å²) in [5.41, 5.74) is 0.833. The number of carbonyl (C=O) groups excluding carboxylic acids is 1. The van der Waals surface area contributed by atoms with Gasteiger partial charge in [0.25, 0.3) is 0 Å². The monoisotopic (exact) mass is 281 g/mol. The second-order valence-corrected chi connectivity index (χ2v) is 4.45. The van der Waals surface area contributed by atoms with Crippen molar-refractivity contribution in [2.24, 2.45) is 5.92 Å². The van der Waals surface area contributed by atoms with Crippen molar-refractivity contribution in [3.63, 3.8) is 0 Å². The standard InChI is InChI=1S/C14H19NO5/c1-10(8-19-2)12(13(16)17)15-14(18)20-9-11-6-4-3-5-7-11/h3-7,10,12H,8-9H2,1-2H3,(H,15,18)(H,16,17)/t10-,12-/m0/s1. The first-order valence-electron chi connectivity index (χ1n) is 6.23. The molecule has 1 aromatic rings. The molecule has 2 N–H and O–H groups in total. The van der Waals surface area contributed by atoms with Crippen LogP contribution in [0, 0.1) is 5.92 Å². The van der Waals surface area contributed by atoms with Crippen molar-refractivity contribution in [2.75, 3.05) is 13.7 Å². The minimum absolute atomic E-state index is 0.0949. The lowest BCUT2D eigenvalue weighted by Crippen LogP contribution is -2.46. The Morgan fingerprint density at radius 1 is 1.30 bits per heavy atom. The number of rotatable bonds is 7. The summed E-state index contributed by atoms with van der Waals surface area (Å²) in [6, 6.07) is 8.11. The molecule has 0 aliphatic heterocycles. The zero-order chi connectivity index (χ0) is 15.0. The van der Waals surface area contributed by atoms with Gasteiger partial charge in [0, 0.05) is 13.0 Å². The first kappa shape index (κ1) is 16.0. The fourth-order valence-electron chi connectivity index (χ4n) is 1.70. The molecule has 110 valence electrons. The van der Waals surface area contributed by atoms with Crippen LogP contribution in [0.2, 0.25) is 0 Å². The van der Waals surface area contributed by atoms with Gasteiger partial charge in [-0.05, 0) is 5.56 Å². The SMILES string of the molecule is COC[C@H](C)[C@H](NC(=O)OCc1ccccc1)C(=O)O. The van der Waals surface area contributed by atoms with Crippen LogP contribution in [0.3, 0.4) is 0 Å². The number of carboxylic acids is 1. The van der Waals surface area contributed by atoms with Crippen LogP contribution in [0.15, 0.2) is 30.3 Å². The van der Waals surface area contributed by atoms with Gasteiger partial charge in [0.15, 0.2) is 0 Å². The number of carbonyl (C=O) groups is 2. The Morgan fingerprint density at radius 2 is 1.95 bits per heavy atom. The third kappa shape index (κ3) is 5.27. The number of ether oxygens (including phenoxy) is 2. The number of methoxy groups -OCH3 is 1. The molecule has 0 aliphatic carbocycles. The van der Waals surface area contributed by atoms with Gasteiger partial charge in [-0.1, -0.05) is 37.3 Å². The Balaban J connectivity index is 2.48. The molecule has 0 aromatic heterocycles. The summed E-state index contributed by atoms with van der Waals surface area (Å²) in [4.78, 5) is 22.7. The zero-order valence-corrected chi connectivity index (χ0v) is 11.5. The molecule has 0 saturated heterocycles. The van der Waals surface area contributed by atoms with Gasteiger partial charge in [-0.3, -0.25) is 0 Å². The molecule has 0 aliphatic rings. The number of aliphatic carboxylic acids is 1. The van der Waals surface area contributed by atoms with E-state index >= 15 is 0 Å². The molecule has 20 heavy (non-hydrogen) atoms. The fraction of sp³-hybridized carbons (Fsp3) is 0.429. The van der Waals surface area contributed by atoms with E-state index in [0.717, 1.165) is 5.56 Å². The summed E-state index contributed by atoms with van der Waals surface area (Å²) in [5.74, 6) is -1.48. The number of amides is 1. The van der Waals surface area contributed by atoms with E-state index in [2.05, 4.69) is 5.32 Å². The Hall–Kier alpha value is -2.08. The van der Waals surface area contributed by atoms with E-state index in [4.69, 9.17) is 14.6 Å². The number of benzene rings is 1. The maximum Gasteiger partial charge on any atom is 0.408 e. The highest BCUT2D eigenvalue weighted by Crippen LogP contribution is 2.06. The van der Waals surface area contributed by atoms with E-state index in [1.807, 2.05) is 30.3 Å². The first-order chi connectivity index (χ1) is 9.54. The van der Waals surface area contributed by atoms with Crippen molar-refractivity contribution in [3.8, 4) is 0 Å². The minimum Gasteiger partial charge on any atom is -0.480 e. The molecular weight excluding hydrogens is 262 g/mol. The number of carboxylic acid groups (broad SMARTS) is 1. The van der Waals surface area contributed by atoms with E-state index in [1.165, 1.54) is 7.11 Å². The van der Waals surface area contributed by atoms with Crippen LogP contribution in [-0.4, -0.2) is 36.9 Å². The summed E-state index contributed by atoms with van der Waals surface area (Å²) in [6.45, 7) is 2.01. The maximum absolute atomic E-state index is 11.6. The molecule has 0 fully saturated rings. The van der Waals surface area contributed by atoms with Gasteiger partial charge >= 0.3 is 12.1 Å². The largest absolute Gasteiger partial charge is 0.480 e. The molecule has 0 spiro atoms. The predicted octanol–water partition coefficient (Wildman–Crippen LogP) is 1.65. The Labute approximate surface area is 117 Å². The summed E-state index contributed by atoms with van der Waals surface area (Å²) in [5, 5.41) is 11.4. The van der Waals surface area contributed by atoms with Gasteiger partial charge in [-0.15, -0.1) is 0 Å². The van der Waals surface area contributed by atoms with E-state index in [-0.39, 0.29) is 19.1 Å². The van der Waals surface area contributed by atoms with Crippen LogP contribution >= 0.6 is 0 Å². The molecule has 1 aromatic carbocycles. The van der Waals surface area contributed by atoms with Crippen LogP contribution in [0.4, 0.5) is 4.79 Å². The third-order valence-electron chi connectivity index (χ3n) is 2.75.